The molecule has 1 aromatic rings. The van der Waals surface area contributed by atoms with Gasteiger partial charge < -0.3 is 9.64 Å². The molecule has 0 N–H and O–H groups in total. The maximum Gasteiger partial charge on any atom is 0.225 e. The number of nitrogens with zero attached hydrogens (tertiary/aromatic N) is 1. The molecular weight excluding hydrogens is 202 g/mol. The van der Waals surface area contributed by atoms with Crippen molar-refractivity contribution < 1.29 is 9.53 Å². The van der Waals surface area contributed by atoms with Gasteiger partial charge in [0.1, 0.15) is 0 Å². The molecule has 2 aliphatic heterocycles. The first kappa shape index (κ1) is 9.85. The minimum atomic E-state index is -0.462. The van der Waals surface area contributed by atoms with E-state index in [1.54, 1.807) is 0 Å². The Hall–Kier alpha value is -1.35. The molecule has 1 amide bonds. The van der Waals surface area contributed by atoms with Gasteiger partial charge in [-0.15, -0.1) is 0 Å². The maximum absolute atomic E-state index is 11.9. The lowest BCUT2D eigenvalue weighted by atomic mass is 9.91. The first-order valence-electron chi connectivity index (χ1n) is 5.83. The molecule has 1 atom stereocenters. The fourth-order valence-electron chi connectivity index (χ4n) is 2.79. The Balaban J connectivity index is 2.05. The van der Waals surface area contributed by atoms with E-state index in [0.29, 0.717) is 13.0 Å². The van der Waals surface area contributed by atoms with Gasteiger partial charge in [0.2, 0.25) is 5.91 Å². The maximum atomic E-state index is 11.9. The Morgan fingerprint density at radius 1 is 1.25 bits per heavy atom. The van der Waals surface area contributed by atoms with Crippen LogP contribution in [-0.4, -0.2) is 24.0 Å². The Bertz CT molecular complexity index is 404. The van der Waals surface area contributed by atoms with Gasteiger partial charge in [-0.3, -0.25) is 4.79 Å². The molecule has 2 saturated heterocycles. The number of rotatable bonds is 1. The Morgan fingerprint density at radius 2 is 2.06 bits per heavy atom. The van der Waals surface area contributed by atoms with Crippen LogP contribution in [0.15, 0.2) is 30.3 Å². The van der Waals surface area contributed by atoms with Crippen LogP contribution in [0.1, 0.15) is 24.8 Å². The van der Waals surface area contributed by atoms with Crippen LogP contribution in [0.4, 0.5) is 0 Å². The van der Waals surface area contributed by atoms with Crippen molar-refractivity contribution in [3.63, 3.8) is 0 Å². The molecule has 84 valence electrons. The van der Waals surface area contributed by atoms with Crippen LogP contribution in [-0.2, 0) is 15.3 Å². The highest BCUT2D eigenvalue weighted by Crippen LogP contribution is 2.42. The summed E-state index contributed by atoms with van der Waals surface area (Å²) in [5, 5.41) is 0. The summed E-state index contributed by atoms with van der Waals surface area (Å²) in [6.45, 7) is 1.38. The van der Waals surface area contributed by atoms with Crippen molar-refractivity contribution in [2.45, 2.75) is 25.0 Å². The monoisotopic (exact) mass is 217 g/mol. The minimum absolute atomic E-state index is 0.229. The molecule has 0 unspecified atom stereocenters. The summed E-state index contributed by atoms with van der Waals surface area (Å²) in [6, 6.07) is 10.1. The summed E-state index contributed by atoms with van der Waals surface area (Å²) in [6.07, 6.45) is 2.50. The summed E-state index contributed by atoms with van der Waals surface area (Å²) < 4.78 is 5.91. The number of carbonyl (C=O) groups excluding carboxylic acids is 1. The second-order valence-corrected chi connectivity index (χ2v) is 4.40. The second kappa shape index (κ2) is 3.59. The summed E-state index contributed by atoms with van der Waals surface area (Å²) in [5.41, 5.74) is 0.650. The van der Waals surface area contributed by atoms with Gasteiger partial charge in [-0.25, -0.2) is 0 Å². The Morgan fingerprint density at radius 3 is 2.88 bits per heavy atom. The Kier molecular flexibility index (Phi) is 2.21. The highest BCUT2D eigenvalue weighted by atomic mass is 16.5. The lowest BCUT2D eigenvalue weighted by Crippen LogP contribution is -2.48. The van der Waals surface area contributed by atoms with E-state index in [1.165, 1.54) is 0 Å². The van der Waals surface area contributed by atoms with E-state index in [4.69, 9.17) is 4.74 Å². The van der Waals surface area contributed by atoms with Crippen LogP contribution in [0.25, 0.3) is 0 Å². The number of benzene rings is 1. The average Bonchev–Trinajstić information content (AvgIpc) is 2.77. The lowest BCUT2D eigenvalue weighted by molar-refractivity contribution is -0.160. The largest absolute Gasteiger partial charge is 0.349 e. The van der Waals surface area contributed by atoms with Gasteiger partial charge in [-0.1, -0.05) is 30.3 Å². The predicted octanol–water partition coefficient (Wildman–Crippen LogP) is 1.88. The SMILES string of the molecule is O=C1CCC[C@@]2(c3ccccc3)OCCN12. The molecule has 2 fully saturated rings. The van der Waals surface area contributed by atoms with Gasteiger partial charge in [0, 0.05) is 24.9 Å². The highest BCUT2D eigenvalue weighted by Gasteiger charge is 2.48. The van der Waals surface area contributed by atoms with Crippen molar-refractivity contribution >= 4 is 5.91 Å². The molecule has 2 heterocycles. The molecule has 1 aromatic carbocycles. The smallest absolute Gasteiger partial charge is 0.225 e. The third-order valence-electron chi connectivity index (χ3n) is 3.52. The van der Waals surface area contributed by atoms with Crippen molar-refractivity contribution in [3.8, 4) is 0 Å². The molecule has 0 spiro atoms. The van der Waals surface area contributed by atoms with Gasteiger partial charge in [-0.2, -0.15) is 0 Å². The fraction of sp³-hybridized carbons (Fsp3) is 0.462. The zero-order valence-electron chi connectivity index (χ0n) is 9.19. The fourth-order valence-corrected chi connectivity index (χ4v) is 2.79. The normalized spacial score (nSPS) is 29.2. The molecular formula is C13H15NO2. The zero-order valence-corrected chi connectivity index (χ0v) is 9.19. The minimum Gasteiger partial charge on any atom is -0.349 e. The quantitative estimate of drug-likeness (QED) is 0.718. The van der Waals surface area contributed by atoms with E-state index < -0.39 is 5.72 Å². The topological polar surface area (TPSA) is 29.5 Å². The Labute approximate surface area is 95.0 Å². The molecule has 3 heteroatoms. The molecule has 0 aromatic heterocycles. The molecule has 0 bridgehead atoms. The van der Waals surface area contributed by atoms with E-state index in [1.807, 2.05) is 23.1 Å². The molecule has 16 heavy (non-hydrogen) atoms. The van der Waals surface area contributed by atoms with Crippen molar-refractivity contribution in [1.82, 2.24) is 4.90 Å². The van der Waals surface area contributed by atoms with Crippen molar-refractivity contribution in [3.05, 3.63) is 35.9 Å². The van der Waals surface area contributed by atoms with Gasteiger partial charge in [-0.05, 0) is 6.42 Å². The first-order chi connectivity index (χ1) is 7.83. The first-order valence-corrected chi connectivity index (χ1v) is 5.83. The van der Waals surface area contributed by atoms with Crippen LogP contribution >= 0.6 is 0 Å². The number of amides is 1. The summed E-state index contributed by atoms with van der Waals surface area (Å²) in [7, 11) is 0. The number of carbonyl (C=O) groups is 1. The predicted molar refractivity (Wildman–Crippen MR) is 59.6 cm³/mol. The molecule has 3 rings (SSSR count). The zero-order chi connectivity index (χ0) is 11.0. The van der Waals surface area contributed by atoms with Crippen LogP contribution in [0, 0.1) is 0 Å². The molecule has 0 aliphatic carbocycles. The van der Waals surface area contributed by atoms with E-state index in [9.17, 15) is 4.79 Å². The average molecular weight is 217 g/mol. The van der Waals surface area contributed by atoms with Crippen molar-refractivity contribution in [2.75, 3.05) is 13.2 Å². The number of hydrogen-bond acceptors (Lipinski definition) is 2. The third-order valence-corrected chi connectivity index (χ3v) is 3.52. The second-order valence-electron chi connectivity index (χ2n) is 4.40. The van der Waals surface area contributed by atoms with Crippen LogP contribution in [0.5, 0.6) is 0 Å². The van der Waals surface area contributed by atoms with E-state index in [2.05, 4.69) is 12.1 Å². The summed E-state index contributed by atoms with van der Waals surface area (Å²) in [5.74, 6) is 0.229. The van der Waals surface area contributed by atoms with Gasteiger partial charge in [0.25, 0.3) is 0 Å². The van der Waals surface area contributed by atoms with Crippen molar-refractivity contribution in [1.29, 1.82) is 0 Å². The summed E-state index contributed by atoms with van der Waals surface area (Å²) >= 11 is 0. The highest BCUT2D eigenvalue weighted by molar-refractivity contribution is 5.78. The number of ether oxygens (including phenoxy) is 1. The van der Waals surface area contributed by atoms with E-state index in [-0.39, 0.29) is 5.91 Å². The van der Waals surface area contributed by atoms with Crippen LogP contribution < -0.4 is 0 Å². The van der Waals surface area contributed by atoms with Crippen molar-refractivity contribution in [2.24, 2.45) is 0 Å². The molecule has 2 aliphatic rings. The standard InChI is InChI=1S/C13H15NO2/c15-12-7-4-8-13(14(12)9-10-16-13)11-5-2-1-3-6-11/h1-3,5-6H,4,7-10H2/t13-/m0/s1. The van der Waals surface area contributed by atoms with Gasteiger partial charge in [0.05, 0.1) is 6.61 Å². The van der Waals surface area contributed by atoms with E-state index in [0.717, 1.165) is 24.9 Å². The van der Waals surface area contributed by atoms with E-state index >= 15 is 0 Å². The number of piperidine rings is 1. The molecule has 0 radical (unpaired) electrons. The summed E-state index contributed by atoms with van der Waals surface area (Å²) in [4.78, 5) is 13.8. The van der Waals surface area contributed by atoms with Gasteiger partial charge in [0.15, 0.2) is 5.72 Å². The molecule has 3 nitrogen and oxygen atoms in total. The van der Waals surface area contributed by atoms with Crippen LogP contribution in [0.3, 0.4) is 0 Å². The van der Waals surface area contributed by atoms with Gasteiger partial charge >= 0.3 is 0 Å². The third kappa shape index (κ3) is 1.28. The molecule has 0 saturated carbocycles. The number of hydrogen-bond donors (Lipinski definition) is 0. The lowest BCUT2D eigenvalue weighted by Gasteiger charge is -2.40. The number of fused-ring (bicyclic) bond motifs is 1. The van der Waals surface area contributed by atoms with Crippen LogP contribution in [0.2, 0.25) is 0 Å².